The molecule has 0 amide bonds. The number of aryl methyl sites for hydroxylation is 1. The average molecular weight is 474 g/mol. The van der Waals surface area contributed by atoms with Gasteiger partial charge in [0.25, 0.3) is 0 Å². The van der Waals surface area contributed by atoms with Gasteiger partial charge in [-0.3, -0.25) is 4.57 Å². The summed E-state index contributed by atoms with van der Waals surface area (Å²) < 4.78 is 9.91. The van der Waals surface area contributed by atoms with Gasteiger partial charge in [-0.05, 0) is 25.1 Å². The van der Waals surface area contributed by atoms with Crippen LogP contribution in [0.25, 0.3) is 33.0 Å². The molecule has 5 aromatic rings. The first-order valence-corrected chi connectivity index (χ1v) is 11.7. The molecule has 1 aliphatic heterocycles. The minimum Gasteiger partial charge on any atom is -0.387 e. The fourth-order valence-electron chi connectivity index (χ4n) is 5.03. The zero-order valence-electron chi connectivity index (χ0n) is 19.2. The zero-order chi connectivity index (χ0) is 24.1. The minimum absolute atomic E-state index is 0.250. The lowest BCUT2D eigenvalue weighted by atomic mass is 10.1. The molecule has 4 heterocycles. The van der Waals surface area contributed by atoms with Gasteiger partial charge in [-0.25, -0.2) is 15.0 Å². The Morgan fingerprint density at radius 3 is 2.74 bits per heavy atom. The van der Waals surface area contributed by atoms with Crippen molar-refractivity contribution in [3.8, 4) is 0 Å². The van der Waals surface area contributed by atoms with E-state index >= 15 is 0 Å². The van der Waals surface area contributed by atoms with Crippen LogP contribution >= 0.6 is 0 Å². The Hall–Kier alpha value is -3.57. The molecule has 1 saturated heterocycles. The number of nitrogen functional groups attached to an aromatic ring is 1. The second-order valence-corrected chi connectivity index (χ2v) is 9.02. The quantitative estimate of drug-likeness (QED) is 0.274. The van der Waals surface area contributed by atoms with Gasteiger partial charge in [0.15, 0.2) is 17.7 Å². The van der Waals surface area contributed by atoms with Gasteiger partial charge >= 0.3 is 0 Å². The first kappa shape index (κ1) is 21.9. The summed E-state index contributed by atoms with van der Waals surface area (Å²) >= 11 is 0. The van der Waals surface area contributed by atoms with Crippen LogP contribution in [0.1, 0.15) is 11.8 Å². The molecular weight excluding hydrogens is 446 g/mol. The molecule has 0 spiro atoms. The Bertz CT molecular complexity index is 1530. The van der Waals surface area contributed by atoms with Crippen molar-refractivity contribution < 1.29 is 14.9 Å². The molecular formula is C25H27N7O3. The third-order valence-corrected chi connectivity index (χ3v) is 6.78. The molecule has 4 atom stereocenters. The van der Waals surface area contributed by atoms with Crippen LogP contribution in [0.5, 0.6) is 0 Å². The molecule has 0 saturated carbocycles. The Labute approximate surface area is 201 Å². The van der Waals surface area contributed by atoms with Crippen LogP contribution in [-0.2, 0) is 11.3 Å². The number of nitrogens with two attached hydrogens (primary N) is 1. The maximum Gasteiger partial charge on any atom is 0.167 e. The largest absolute Gasteiger partial charge is 0.387 e. The number of anilines is 1. The highest BCUT2D eigenvalue weighted by atomic mass is 16.6. The molecule has 6 rings (SSSR count). The van der Waals surface area contributed by atoms with Gasteiger partial charge in [0.2, 0.25) is 0 Å². The molecule has 1 fully saturated rings. The number of hydrogen-bond acceptors (Lipinski definition) is 8. The van der Waals surface area contributed by atoms with Crippen LogP contribution in [0.2, 0.25) is 0 Å². The molecule has 4 unspecified atom stereocenters. The van der Waals surface area contributed by atoms with Crippen LogP contribution in [-0.4, -0.2) is 65.7 Å². The van der Waals surface area contributed by atoms with Gasteiger partial charge < -0.3 is 30.6 Å². The van der Waals surface area contributed by atoms with Crippen LogP contribution in [0.15, 0.2) is 55.1 Å². The highest BCUT2D eigenvalue weighted by molar-refractivity contribution is 6.08. The van der Waals surface area contributed by atoms with Crippen LogP contribution in [0.3, 0.4) is 0 Å². The van der Waals surface area contributed by atoms with E-state index in [4.69, 9.17) is 10.5 Å². The lowest BCUT2D eigenvalue weighted by molar-refractivity contribution is -0.0341. The third-order valence-electron chi connectivity index (χ3n) is 6.78. The van der Waals surface area contributed by atoms with E-state index in [2.05, 4.69) is 74.2 Å². The second-order valence-electron chi connectivity index (χ2n) is 9.02. The Balaban J connectivity index is 1.15. The number of nitrogens with one attached hydrogen (secondary N) is 1. The number of rotatable bonds is 6. The van der Waals surface area contributed by atoms with Gasteiger partial charge in [0, 0.05) is 41.4 Å². The van der Waals surface area contributed by atoms with Crippen LogP contribution in [0, 0.1) is 6.92 Å². The molecule has 10 nitrogen and oxygen atoms in total. The molecule has 10 heteroatoms. The standard InChI is InChI=1S/C25H27N7O3/c1-14-6-7-18-16(10-14)15-4-2-3-5-17(15)31(18)9-8-27-11-19-21(33)22(34)25(35-19)32-13-30-20-23(26)28-12-29-24(20)32/h2-7,10,12-13,19,21-22,25,27,33-34H,8-9,11H2,1H3,(H2,26,28,29). The number of hydrogen-bond donors (Lipinski definition) is 4. The summed E-state index contributed by atoms with van der Waals surface area (Å²) in [6.45, 7) is 3.92. The maximum atomic E-state index is 10.7. The van der Waals surface area contributed by atoms with E-state index in [1.807, 2.05) is 0 Å². The minimum atomic E-state index is -1.13. The molecule has 2 aromatic carbocycles. The highest BCUT2D eigenvalue weighted by Crippen LogP contribution is 2.32. The summed E-state index contributed by atoms with van der Waals surface area (Å²) in [6, 6.07) is 14.9. The summed E-state index contributed by atoms with van der Waals surface area (Å²) in [7, 11) is 0. The average Bonchev–Trinajstić information content (AvgIpc) is 3.51. The fraction of sp³-hybridized carbons (Fsp3) is 0.320. The van der Waals surface area contributed by atoms with Crippen molar-refractivity contribution in [3.05, 3.63) is 60.7 Å². The van der Waals surface area contributed by atoms with Crippen molar-refractivity contribution in [1.82, 2.24) is 29.4 Å². The Morgan fingerprint density at radius 1 is 1.03 bits per heavy atom. The van der Waals surface area contributed by atoms with E-state index in [-0.39, 0.29) is 5.82 Å². The van der Waals surface area contributed by atoms with Crippen molar-refractivity contribution in [3.63, 3.8) is 0 Å². The topological polar surface area (TPSA) is 136 Å². The maximum absolute atomic E-state index is 10.7. The van der Waals surface area contributed by atoms with E-state index in [0.717, 1.165) is 6.54 Å². The number of aliphatic hydroxyl groups is 2. The fourth-order valence-corrected chi connectivity index (χ4v) is 5.03. The number of aliphatic hydroxyl groups excluding tert-OH is 2. The number of imidazole rings is 1. The molecule has 180 valence electrons. The Kier molecular flexibility index (Phi) is 5.37. The summed E-state index contributed by atoms with van der Waals surface area (Å²) in [5.41, 5.74) is 10.4. The number of ether oxygens (including phenoxy) is 1. The summed E-state index contributed by atoms with van der Waals surface area (Å²) in [5, 5.41) is 27.2. The van der Waals surface area contributed by atoms with Gasteiger partial charge in [-0.1, -0.05) is 29.8 Å². The first-order chi connectivity index (χ1) is 17.0. The van der Waals surface area contributed by atoms with Crippen molar-refractivity contribution >= 4 is 38.8 Å². The molecule has 0 aliphatic carbocycles. The predicted octanol–water partition coefficient (Wildman–Crippen LogP) is 1.73. The van der Waals surface area contributed by atoms with Crippen molar-refractivity contribution in [1.29, 1.82) is 0 Å². The van der Waals surface area contributed by atoms with E-state index in [0.29, 0.717) is 24.3 Å². The van der Waals surface area contributed by atoms with Gasteiger partial charge in [-0.2, -0.15) is 0 Å². The summed E-state index contributed by atoms with van der Waals surface area (Å²) in [4.78, 5) is 12.4. The van der Waals surface area contributed by atoms with E-state index < -0.39 is 24.5 Å². The van der Waals surface area contributed by atoms with E-state index in [1.54, 1.807) is 4.57 Å². The SMILES string of the molecule is Cc1ccc2c(c1)c1ccccc1n2CCNCC1OC(n2cnc3c(N)ncnc32)C(O)C1O. The lowest BCUT2D eigenvalue weighted by Crippen LogP contribution is -2.38. The van der Waals surface area contributed by atoms with Crippen molar-refractivity contribution in [2.45, 2.75) is 38.0 Å². The number of aromatic nitrogens is 5. The number of nitrogens with zero attached hydrogens (tertiary/aromatic N) is 5. The summed E-state index contributed by atoms with van der Waals surface area (Å²) in [6.07, 6.45) is -0.765. The van der Waals surface area contributed by atoms with Gasteiger partial charge in [-0.15, -0.1) is 0 Å². The van der Waals surface area contributed by atoms with Gasteiger partial charge in [0.05, 0.1) is 6.33 Å². The van der Waals surface area contributed by atoms with E-state index in [9.17, 15) is 10.2 Å². The number of fused-ring (bicyclic) bond motifs is 4. The normalized spacial score (nSPS) is 22.6. The molecule has 0 bridgehead atoms. The zero-order valence-corrected chi connectivity index (χ0v) is 19.2. The van der Waals surface area contributed by atoms with Crippen molar-refractivity contribution in [2.75, 3.05) is 18.8 Å². The Morgan fingerprint density at radius 2 is 1.86 bits per heavy atom. The second kappa shape index (κ2) is 8.58. The van der Waals surface area contributed by atoms with Crippen LogP contribution < -0.4 is 11.1 Å². The molecule has 3 aromatic heterocycles. The lowest BCUT2D eigenvalue weighted by Gasteiger charge is -2.16. The third kappa shape index (κ3) is 3.62. The van der Waals surface area contributed by atoms with E-state index in [1.165, 1.54) is 40.0 Å². The summed E-state index contributed by atoms with van der Waals surface area (Å²) in [5.74, 6) is 0.250. The number of para-hydroxylation sites is 1. The molecule has 0 radical (unpaired) electrons. The molecule has 1 aliphatic rings. The molecule has 5 N–H and O–H groups in total. The van der Waals surface area contributed by atoms with Crippen molar-refractivity contribution in [2.24, 2.45) is 0 Å². The smallest absolute Gasteiger partial charge is 0.167 e. The predicted molar refractivity (Wildman–Crippen MR) is 133 cm³/mol. The highest BCUT2D eigenvalue weighted by Gasteiger charge is 2.44. The number of benzene rings is 2. The van der Waals surface area contributed by atoms with Gasteiger partial charge in [0.1, 0.15) is 30.2 Å². The van der Waals surface area contributed by atoms with Crippen LogP contribution in [0.4, 0.5) is 5.82 Å². The monoisotopic (exact) mass is 473 g/mol. The first-order valence-electron chi connectivity index (χ1n) is 11.7. The molecule has 35 heavy (non-hydrogen) atoms.